The lowest BCUT2D eigenvalue weighted by Crippen LogP contribution is -2.45. The molecule has 7 nitrogen and oxygen atoms in total. The second kappa shape index (κ2) is 8.01. The number of hydrogen-bond acceptors (Lipinski definition) is 4. The smallest absolute Gasteiger partial charge is 0.317 e. The molecule has 1 saturated heterocycles. The van der Waals surface area contributed by atoms with Crippen LogP contribution in [0.3, 0.4) is 0 Å². The Balaban J connectivity index is 1.35. The summed E-state index contributed by atoms with van der Waals surface area (Å²) in [6, 6.07) is 7.10. The normalized spacial score (nSPS) is 15.3. The Kier molecular flexibility index (Phi) is 5.53. The number of ether oxygens (including phenoxy) is 1. The number of benzene rings is 1. The van der Waals surface area contributed by atoms with Gasteiger partial charge in [-0.05, 0) is 37.1 Å². The van der Waals surface area contributed by atoms with E-state index < -0.39 is 0 Å². The number of carbonyl (C=O) groups is 1. The molecule has 2 aromatic rings. The Morgan fingerprint density at radius 2 is 2.08 bits per heavy atom. The van der Waals surface area contributed by atoms with Gasteiger partial charge in [0, 0.05) is 24.0 Å². The van der Waals surface area contributed by atoms with Crippen molar-refractivity contribution in [3.8, 4) is 5.75 Å². The van der Waals surface area contributed by atoms with Crippen LogP contribution >= 0.6 is 11.6 Å². The van der Waals surface area contributed by atoms with Crippen LogP contribution in [0.4, 0.5) is 4.79 Å². The van der Waals surface area contributed by atoms with Crippen molar-refractivity contribution < 1.29 is 9.53 Å². The first-order valence-corrected chi connectivity index (χ1v) is 8.36. The maximum atomic E-state index is 12.2. The molecule has 0 unspecified atom stereocenters. The van der Waals surface area contributed by atoms with Crippen LogP contribution in [0.15, 0.2) is 30.6 Å². The molecule has 24 heavy (non-hydrogen) atoms. The Hall–Kier alpha value is -2.28. The van der Waals surface area contributed by atoms with Gasteiger partial charge in [-0.3, -0.25) is 5.10 Å². The molecule has 8 heteroatoms. The van der Waals surface area contributed by atoms with Gasteiger partial charge in [0.1, 0.15) is 24.5 Å². The van der Waals surface area contributed by atoms with E-state index in [4.69, 9.17) is 16.3 Å². The summed E-state index contributed by atoms with van der Waals surface area (Å²) < 4.78 is 5.55. The fraction of sp³-hybridized carbons (Fsp3) is 0.438. The molecule has 0 radical (unpaired) electrons. The number of halogens is 1. The van der Waals surface area contributed by atoms with Gasteiger partial charge in [-0.25, -0.2) is 9.78 Å². The fourth-order valence-corrected chi connectivity index (χ4v) is 2.86. The second-order valence-electron chi connectivity index (χ2n) is 5.67. The Bertz CT molecular complexity index is 639. The third-order valence-corrected chi connectivity index (χ3v) is 4.32. The minimum absolute atomic E-state index is 0.0503. The highest BCUT2D eigenvalue weighted by Gasteiger charge is 2.25. The molecule has 2 heterocycles. The lowest BCUT2D eigenvalue weighted by Gasteiger charge is -2.31. The number of carbonyl (C=O) groups excluding carboxylic acids is 1. The first-order chi connectivity index (χ1) is 11.7. The summed E-state index contributed by atoms with van der Waals surface area (Å²) in [5.74, 6) is 2.00. The molecule has 2 N–H and O–H groups in total. The van der Waals surface area contributed by atoms with Crippen molar-refractivity contribution in [3.63, 3.8) is 0 Å². The summed E-state index contributed by atoms with van der Waals surface area (Å²) >= 11 is 5.82. The molecule has 1 aliphatic heterocycles. The predicted octanol–water partition coefficient (Wildman–Crippen LogP) is 2.43. The zero-order valence-electron chi connectivity index (χ0n) is 13.2. The number of nitrogens with one attached hydrogen (secondary N) is 2. The SMILES string of the molecule is O=C(NCCOc1ccc(Cl)cc1)N1CCC(c2ncn[nH]2)CC1. The highest BCUT2D eigenvalue weighted by molar-refractivity contribution is 6.30. The van der Waals surface area contributed by atoms with E-state index >= 15 is 0 Å². The quantitative estimate of drug-likeness (QED) is 0.812. The van der Waals surface area contributed by atoms with E-state index in [1.54, 1.807) is 24.3 Å². The van der Waals surface area contributed by atoms with E-state index in [1.165, 1.54) is 6.33 Å². The van der Waals surface area contributed by atoms with Gasteiger partial charge in [0.2, 0.25) is 0 Å². The summed E-state index contributed by atoms with van der Waals surface area (Å²) in [5, 5.41) is 10.3. The van der Waals surface area contributed by atoms with E-state index in [1.807, 2.05) is 4.90 Å². The average Bonchev–Trinajstić information content (AvgIpc) is 3.15. The number of hydrogen-bond donors (Lipinski definition) is 2. The Labute approximate surface area is 145 Å². The standard InChI is InChI=1S/C16H20ClN5O2/c17-13-1-3-14(4-2-13)24-10-7-18-16(23)22-8-5-12(6-9-22)15-19-11-20-21-15/h1-4,11-12H,5-10H2,(H,18,23)(H,19,20,21). The molecule has 0 bridgehead atoms. The number of H-pyrrole nitrogens is 1. The van der Waals surface area contributed by atoms with Crippen LogP contribution in [-0.2, 0) is 0 Å². The number of amides is 2. The molecule has 0 saturated carbocycles. The topological polar surface area (TPSA) is 83.1 Å². The zero-order valence-corrected chi connectivity index (χ0v) is 14.0. The van der Waals surface area contributed by atoms with Crippen molar-refractivity contribution in [3.05, 3.63) is 41.4 Å². The van der Waals surface area contributed by atoms with Crippen molar-refractivity contribution in [1.29, 1.82) is 0 Å². The van der Waals surface area contributed by atoms with Gasteiger partial charge in [0.05, 0.1) is 6.54 Å². The molecule has 0 atom stereocenters. The molecule has 1 aliphatic rings. The molecular formula is C16H20ClN5O2. The summed E-state index contributed by atoms with van der Waals surface area (Å²) in [6.45, 7) is 2.32. The lowest BCUT2D eigenvalue weighted by atomic mass is 9.96. The highest BCUT2D eigenvalue weighted by Crippen LogP contribution is 2.24. The summed E-state index contributed by atoms with van der Waals surface area (Å²) in [5.41, 5.74) is 0. The third kappa shape index (κ3) is 4.38. The third-order valence-electron chi connectivity index (χ3n) is 4.06. The molecule has 0 spiro atoms. The van der Waals surface area contributed by atoms with Gasteiger partial charge < -0.3 is 15.0 Å². The number of piperidine rings is 1. The zero-order chi connectivity index (χ0) is 16.8. The van der Waals surface area contributed by atoms with Crippen molar-refractivity contribution in [2.45, 2.75) is 18.8 Å². The Morgan fingerprint density at radius 3 is 2.75 bits per heavy atom. The van der Waals surface area contributed by atoms with Crippen LogP contribution in [-0.4, -0.2) is 52.4 Å². The van der Waals surface area contributed by atoms with Gasteiger partial charge in [-0.15, -0.1) is 0 Å². The number of aromatic amines is 1. The van der Waals surface area contributed by atoms with E-state index in [0.717, 1.165) is 37.5 Å². The van der Waals surface area contributed by atoms with Crippen LogP contribution in [0, 0.1) is 0 Å². The van der Waals surface area contributed by atoms with E-state index in [9.17, 15) is 4.79 Å². The minimum Gasteiger partial charge on any atom is -0.492 e. The van der Waals surface area contributed by atoms with Gasteiger partial charge >= 0.3 is 6.03 Å². The van der Waals surface area contributed by atoms with Crippen molar-refractivity contribution in [2.24, 2.45) is 0 Å². The van der Waals surface area contributed by atoms with Crippen LogP contribution < -0.4 is 10.1 Å². The maximum Gasteiger partial charge on any atom is 0.317 e. The van der Waals surface area contributed by atoms with E-state index in [2.05, 4.69) is 20.5 Å². The number of aromatic nitrogens is 3. The summed E-state index contributed by atoms with van der Waals surface area (Å²) in [4.78, 5) is 18.2. The number of rotatable bonds is 5. The van der Waals surface area contributed by atoms with Crippen LogP contribution in [0.25, 0.3) is 0 Å². The number of likely N-dealkylation sites (tertiary alicyclic amines) is 1. The largest absolute Gasteiger partial charge is 0.492 e. The lowest BCUT2D eigenvalue weighted by molar-refractivity contribution is 0.178. The van der Waals surface area contributed by atoms with Crippen LogP contribution in [0.2, 0.25) is 5.02 Å². The van der Waals surface area contributed by atoms with Gasteiger partial charge in [0.15, 0.2) is 0 Å². The molecule has 1 aromatic heterocycles. The van der Waals surface area contributed by atoms with Crippen molar-refractivity contribution in [1.82, 2.24) is 25.4 Å². The van der Waals surface area contributed by atoms with Gasteiger partial charge in [-0.1, -0.05) is 11.6 Å². The molecule has 0 aliphatic carbocycles. The maximum absolute atomic E-state index is 12.2. The second-order valence-corrected chi connectivity index (χ2v) is 6.10. The molecule has 128 valence electrons. The summed E-state index contributed by atoms with van der Waals surface area (Å²) in [7, 11) is 0. The summed E-state index contributed by atoms with van der Waals surface area (Å²) in [6.07, 6.45) is 3.31. The van der Waals surface area contributed by atoms with E-state index in [0.29, 0.717) is 24.1 Å². The fourth-order valence-electron chi connectivity index (χ4n) is 2.74. The number of urea groups is 1. The molecule has 2 amide bonds. The first kappa shape index (κ1) is 16.6. The van der Waals surface area contributed by atoms with Crippen LogP contribution in [0.1, 0.15) is 24.6 Å². The molecule has 3 rings (SSSR count). The number of nitrogens with zero attached hydrogens (tertiary/aromatic N) is 3. The predicted molar refractivity (Wildman–Crippen MR) is 90.3 cm³/mol. The van der Waals surface area contributed by atoms with Crippen molar-refractivity contribution >= 4 is 17.6 Å². The van der Waals surface area contributed by atoms with E-state index in [-0.39, 0.29) is 6.03 Å². The molecular weight excluding hydrogens is 330 g/mol. The molecule has 1 fully saturated rings. The van der Waals surface area contributed by atoms with Gasteiger partial charge in [-0.2, -0.15) is 5.10 Å². The van der Waals surface area contributed by atoms with Crippen LogP contribution in [0.5, 0.6) is 5.75 Å². The highest BCUT2D eigenvalue weighted by atomic mass is 35.5. The monoisotopic (exact) mass is 349 g/mol. The average molecular weight is 350 g/mol. The van der Waals surface area contributed by atoms with Gasteiger partial charge in [0.25, 0.3) is 0 Å². The Morgan fingerprint density at radius 1 is 1.33 bits per heavy atom. The molecule has 1 aromatic carbocycles. The minimum atomic E-state index is -0.0503. The first-order valence-electron chi connectivity index (χ1n) is 7.99. The van der Waals surface area contributed by atoms with Crippen molar-refractivity contribution in [2.75, 3.05) is 26.2 Å².